The van der Waals surface area contributed by atoms with Crippen molar-refractivity contribution >= 4 is 11.6 Å². The van der Waals surface area contributed by atoms with Crippen molar-refractivity contribution in [3.8, 4) is 0 Å². The largest absolute Gasteiger partial charge is 0.384 e. The minimum absolute atomic E-state index is 0.00674. The van der Waals surface area contributed by atoms with Crippen LogP contribution in [-0.2, 0) is 5.41 Å². The lowest BCUT2D eigenvalue weighted by molar-refractivity contribution is 0.546. The highest BCUT2D eigenvalue weighted by Crippen LogP contribution is 2.24. The van der Waals surface area contributed by atoms with Crippen LogP contribution in [0.2, 0.25) is 0 Å². The van der Waals surface area contributed by atoms with Gasteiger partial charge in [-0.15, -0.1) is 0 Å². The second-order valence-electron chi connectivity index (χ2n) is 6.17. The number of anilines is 2. The zero-order valence-corrected chi connectivity index (χ0v) is 12.8. The molecule has 1 aromatic carbocycles. The highest BCUT2D eigenvalue weighted by atomic mass is 19.1. The van der Waals surface area contributed by atoms with E-state index in [9.17, 15) is 4.39 Å². The Morgan fingerprint density at radius 1 is 1.14 bits per heavy atom. The Morgan fingerprint density at radius 2 is 1.76 bits per heavy atom. The van der Waals surface area contributed by atoms with Crippen LogP contribution in [0.3, 0.4) is 0 Å². The van der Waals surface area contributed by atoms with Crippen molar-refractivity contribution in [1.82, 2.24) is 9.97 Å². The highest BCUT2D eigenvalue weighted by molar-refractivity contribution is 5.47. The van der Waals surface area contributed by atoms with Crippen LogP contribution < -0.4 is 11.1 Å². The molecule has 3 N–H and O–H groups in total. The molecular formula is C16H21FN4. The van der Waals surface area contributed by atoms with E-state index in [0.717, 1.165) is 5.56 Å². The number of hydrogen-bond donors (Lipinski definition) is 2. The number of nitrogens with one attached hydrogen (secondary N) is 1. The highest BCUT2D eigenvalue weighted by Gasteiger charge is 2.19. The second-order valence-corrected chi connectivity index (χ2v) is 6.17. The quantitative estimate of drug-likeness (QED) is 0.904. The summed E-state index contributed by atoms with van der Waals surface area (Å²) in [5, 5.41) is 3.28. The van der Waals surface area contributed by atoms with Gasteiger partial charge < -0.3 is 11.1 Å². The maximum absolute atomic E-state index is 13.0. The first-order valence-corrected chi connectivity index (χ1v) is 6.93. The molecule has 0 saturated heterocycles. The summed E-state index contributed by atoms with van der Waals surface area (Å²) in [6.45, 7) is 8.10. The fraction of sp³-hybridized carbons (Fsp3) is 0.375. The van der Waals surface area contributed by atoms with Crippen LogP contribution in [0.15, 0.2) is 30.3 Å². The molecule has 0 spiro atoms. The Hall–Kier alpha value is -2.17. The van der Waals surface area contributed by atoms with Crippen molar-refractivity contribution in [2.24, 2.45) is 0 Å². The molecule has 2 rings (SSSR count). The van der Waals surface area contributed by atoms with E-state index in [2.05, 4.69) is 15.3 Å². The third-order valence-corrected chi connectivity index (χ3v) is 3.15. The van der Waals surface area contributed by atoms with E-state index in [0.29, 0.717) is 17.5 Å². The first-order chi connectivity index (χ1) is 9.75. The second kappa shape index (κ2) is 5.68. The molecule has 0 aliphatic heterocycles. The SMILES string of the molecule is CC(Nc1cc(N)nc(C(C)(C)C)n1)c1ccc(F)cc1. The summed E-state index contributed by atoms with van der Waals surface area (Å²) < 4.78 is 13.0. The molecule has 0 saturated carbocycles. The van der Waals surface area contributed by atoms with Gasteiger partial charge in [0.05, 0.1) is 0 Å². The van der Waals surface area contributed by atoms with Crippen LogP contribution in [0.25, 0.3) is 0 Å². The summed E-state index contributed by atoms with van der Waals surface area (Å²) in [4.78, 5) is 8.79. The fourth-order valence-corrected chi connectivity index (χ4v) is 1.93. The molecule has 4 nitrogen and oxygen atoms in total. The summed E-state index contributed by atoms with van der Waals surface area (Å²) in [5.74, 6) is 1.55. The van der Waals surface area contributed by atoms with Gasteiger partial charge in [-0.3, -0.25) is 0 Å². The first kappa shape index (κ1) is 15.2. The minimum Gasteiger partial charge on any atom is -0.384 e. The molecule has 0 amide bonds. The van der Waals surface area contributed by atoms with Gasteiger partial charge in [0, 0.05) is 17.5 Å². The molecule has 1 atom stereocenters. The molecule has 2 aromatic rings. The van der Waals surface area contributed by atoms with Gasteiger partial charge in [-0.2, -0.15) is 0 Å². The standard InChI is InChI=1S/C16H21FN4/c1-10(11-5-7-12(17)8-6-11)19-14-9-13(18)20-15(21-14)16(2,3)4/h5-10H,1-4H3,(H3,18,19,20,21). The number of nitrogen functional groups attached to an aromatic ring is 1. The van der Waals surface area contributed by atoms with Gasteiger partial charge in [0.15, 0.2) is 0 Å². The van der Waals surface area contributed by atoms with Crippen LogP contribution in [0.5, 0.6) is 0 Å². The van der Waals surface area contributed by atoms with Crippen LogP contribution in [0.1, 0.15) is 45.1 Å². The molecule has 0 radical (unpaired) electrons. The molecule has 0 aliphatic carbocycles. The topological polar surface area (TPSA) is 63.8 Å². The molecule has 21 heavy (non-hydrogen) atoms. The van der Waals surface area contributed by atoms with Gasteiger partial charge in [-0.25, -0.2) is 14.4 Å². The zero-order valence-electron chi connectivity index (χ0n) is 12.8. The summed E-state index contributed by atoms with van der Waals surface area (Å²) in [5.41, 5.74) is 6.65. The lowest BCUT2D eigenvalue weighted by Gasteiger charge is -2.20. The smallest absolute Gasteiger partial charge is 0.138 e. The van der Waals surface area contributed by atoms with Gasteiger partial charge in [0.25, 0.3) is 0 Å². The van der Waals surface area contributed by atoms with E-state index >= 15 is 0 Å². The molecule has 1 heterocycles. The monoisotopic (exact) mass is 288 g/mol. The predicted molar refractivity (Wildman–Crippen MR) is 83.6 cm³/mol. The van der Waals surface area contributed by atoms with Gasteiger partial charge in [-0.05, 0) is 24.6 Å². The van der Waals surface area contributed by atoms with E-state index in [-0.39, 0.29) is 17.3 Å². The fourth-order valence-electron chi connectivity index (χ4n) is 1.93. The van der Waals surface area contributed by atoms with Crippen molar-refractivity contribution in [2.45, 2.75) is 39.2 Å². The number of aromatic nitrogens is 2. The van der Waals surface area contributed by atoms with Crippen LogP contribution in [0.4, 0.5) is 16.0 Å². The van der Waals surface area contributed by atoms with E-state index < -0.39 is 0 Å². The maximum atomic E-state index is 13.0. The molecule has 5 heteroatoms. The third-order valence-electron chi connectivity index (χ3n) is 3.15. The molecule has 0 fully saturated rings. The molecular weight excluding hydrogens is 267 g/mol. The normalized spacial score (nSPS) is 13.0. The van der Waals surface area contributed by atoms with Crippen molar-refractivity contribution in [1.29, 1.82) is 0 Å². The number of nitrogens with two attached hydrogens (primary N) is 1. The van der Waals surface area contributed by atoms with E-state index in [1.165, 1.54) is 12.1 Å². The van der Waals surface area contributed by atoms with Crippen molar-refractivity contribution in [2.75, 3.05) is 11.1 Å². The Bertz CT molecular complexity index is 617. The number of halogens is 1. The van der Waals surface area contributed by atoms with E-state index in [1.807, 2.05) is 27.7 Å². The zero-order chi connectivity index (χ0) is 15.6. The lowest BCUT2D eigenvalue weighted by Crippen LogP contribution is -2.19. The average molecular weight is 288 g/mol. The molecule has 1 aromatic heterocycles. The van der Waals surface area contributed by atoms with Crippen LogP contribution in [-0.4, -0.2) is 9.97 Å². The summed E-state index contributed by atoms with van der Waals surface area (Å²) >= 11 is 0. The Morgan fingerprint density at radius 3 is 2.33 bits per heavy atom. The summed E-state index contributed by atoms with van der Waals surface area (Å²) in [7, 11) is 0. The molecule has 0 bridgehead atoms. The maximum Gasteiger partial charge on any atom is 0.138 e. The Labute approximate surface area is 124 Å². The predicted octanol–water partition coefficient (Wildman–Crippen LogP) is 3.67. The third kappa shape index (κ3) is 3.90. The minimum atomic E-state index is -0.243. The number of nitrogens with zero attached hydrogens (tertiary/aromatic N) is 2. The van der Waals surface area contributed by atoms with Gasteiger partial charge in [-0.1, -0.05) is 32.9 Å². The molecule has 0 aliphatic rings. The first-order valence-electron chi connectivity index (χ1n) is 6.93. The van der Waals surface area contributed by atoms with Gasteiger partial charge in [0.2, 0.25) is 0 Å². The van der Waals surface area contributed by atoms with Crippen molar-refractivity contribution < 1.29 is 4.39 Å². The van der Waals surface area contributed by atoms with E-state index in [4.69, 9.17) is 5.73 Å². The molecule has 112 valence electrons. The van der Waals surface area contributed by atoms with E-state index in [1.54, 1.807) is 18.2 Å². The number of hydrogen-bond acceptors (Lipinski definition) is 4. The van der Waals surface area contributed by atoms with Crippen LogP contribution >= 0.6 is 0 Å². The Balaban J connectivity index is 2.23. The van der Waals surface area contributed by atoms with Crippen molar-refractivity contribution in [3.05, 3.63) is 47.5 Å². The number of rotatable bonds is 3. The summed E-state index contributed by atoms with van der Waals surface area (Å²) in [6.07, 6.45) is 0. The van der Waals surface area contributed by atoms with Crippen LogP contribution in [0, 0.1) is 5.82 Å². The summed E-state index contributed by atoms with van der Waals surface area (Å²) in [6, 6.07) is 8.10. The van der Waals surface area contributed by atoms with Gasteiger partial charge >= 0.3 is 0 Å². The average Bonchev–Trinajstić information content (AvgIpc) is 2.37. The van der Waals surface area contributed by atoms with Gasteiger partial charge in [0.1, 0.15) is 23.3 Å². The number of benzene rings is 1. The Kier molecular flexibility index (Phi) is 4.11. The lowest BCUT2D eigenvalue weighted by atomic mass is 9.96. The molecule has 1 unspecified atom stereocenters. The van der Waals surface area contributed by atoms with Crippen molar-refractivity contribution in [3.63, 3.8) is 0 Å².